The third-order valence-corrected chi connectivity index (χ3v) is 3.93. The standard InChI is InChI=1S/C15H21BrN2O2.ClH/c16-13-4-1-5-14(9-13)20-11-15(19)18-8-6-12-3-2-7-17-10-12;/h1,4-5,9,12,17H,2-3,6-8,10-11H2,(H,18,19);1H. The Morgan fingerprint density at radius 2 is 2.33 bits per heavy atom. The first-order valence-electron chi connectivity index (χ1n) is 7.10. The average Bonchev–Trinajstić information content (AvgIpc) is 2.46. The molecular formula is C15H22BrClN2O2. The van der Waals surface area contributed by atoms with Gasteiger partial charge in [-0.25, -0.2) is 0 Å². The highest BCUT2D eigenvalue weighted by Gasteiger charge is 2.12. The zero-order chi connectivity index (χ0) is 14.2. The second-order valence-corrected chi connectivity index (χ2v) is 6.01. The van der Waals surface area contributed by atoms with Gasteiger partial charge in [0.05, 0.1) is 0 Å². The summed E-state index contributed by atoms with van der Waals surface area (Å²) in [6, 6.07) is 7.49. The number of ether oxygens (including phenoxy) is 1. The summed E-state index contributed by atoms with van der Waals surface area (Å²) in [5.74, 6) is 1.33. The van der Waals surface area contributed by atoms with Crippen LogP contribution in [0.15, 0.2) is 28.7 Å². The number of hydrogen-bond acceptors (Lipinski definition) is 3. The fourth-order valence-electron chi connectivity index (χ4n) is 2.34. The van der Waals surface area contributed by atoms with E-state index in [1.807, 2.05) is 24.3 Å². The minimum Gasteiger partial charge on any atom is -0.484 e. The molecule has 4 nitrogen and oxygen atoms in total. The van der Waals surface area contributed by atoms with Gasteiger partial charge in [-0.05, 0) is 56.5 Å². The lowest BCUT2D eigenvalue weighted by Crippen LogP contribution is -2.34. The maximum atomic E-state index is 11.7. The van der Waals surface area contributed by atoms with Crippen molar-refractivity contribution in [2.75, 3.05) is 26.2 Å². The van der Waals surface area contributed by atoms with Gasteiger partial charge in [0.2, 0.25) is 0 Å². The van der Waals surface area contributed by atoms with Crippen LogP contribution in [-0.2, 0) is 4.79 Å². The number of carbonyl (C=O) groups excluding carboxylic acids is 1. The molecule has 21 heavy (non-hydrogen) atoms. The quantitative estimate of drug-likeness (QED) is 0.801. The molecule has 0 radical (unpaired) electrons. The average molecular weight is 378 g/mol. The summed E-state index contributed by atoms with van der Waals surface area (Å²) in [5.41, 5.74) is 0. The molecule has 118 valence electrons. The van der Waals surface area contributed by atoms with E-state index in [2.05, 4.69) is 26.6 Å². The molecule has 1 aliphatic heterocycles. The number of halogens is 2. The van der Waals surface area contributed by atoms with Crippen LogP contribution in [-0.4, -0.2) is 32.1 Å². The molecule has 0 bridgehead atoms. The minimum atomic E-state index is -0.0613. The monoisotopic (exact) mass is 376 g/mol. The third-order valence-electron chi connectivity index (χ3n) is 3.44. The van der Waals surface area contributed by atoms with E-state index < -0.39 is 0 Å². The van der Waals surface area contributed by atoms with Crippen molar-refractivity contribution in [1.82, 2.24) is 10.6 Å². The number of carbonyl (C=O) groups is 1. The number of benzene rings is 1. The number of piperidine rings is 1. The Kier molecular flexibility index (Phi) is 8.73. The smallest absolute Gasteiger partial charge is 0.257 e. The molecule has 0 saturated carbocycles. The summed E-state index contributed by atoms with van der Waals surface area (Å²) >= 11 is 3.37. The van der Waals surface area contributed by atoms with Gasteiger partial charge in [-0.1, -0.05) is 22.0 Å². The van der Waals surface area contributed by atoms with Crippen LogP contribution in [0.4, 0.5) is 0 Å². The van der Waals surface area contributed by atoms with Gasteiger partial charge >= 0.3 is 0 Å². The molecule has 6 heteroatoms. The first-order valence-corrected chi connectivity index (χ1v) is 7.89. The molecule has 1 aliphatic rings. The minimum absolute atomic E-state index is 0. The summed E-state index contributed by atoms with van der Waals surface area (Å²) in [6.45, 7) is 3.00. The van der Waals surface area contributed by atoms with Crippen molar-refractivity contribution in [2.45, 2.75) is 19.3 Å². The van der Waals surface area contributed by atoms with Gasteiger partial charge in [-0.3, -0.25) is 4.79 Å². The van der Waals surface area contributed by atoms with Crippen molar-refractivity contribution >= 4 is 34.2 Å². The summed E-state index contributed by atoms with van der Waals surface area (Å²) < 4.78 is 6.38. The molecule has 1 fully saturated rings. The van der Waals surface area contributed by atoms with Crippen LogP contribution in [0.25, 0.3) is 0 Å². The highest BCUT2D eigenvalue weighted by Crippen LogP contribution is 2.17. The molecule has 1 unspecified atom stereocenters. The van der Waals surface area contributed by atoms with Crippen LogP contribution in [0.1, 0.15) is 19.3 Å². The zero-order valence-electron chi connectivity index (χ0n) is 11.9. The van der Waals surface area contributed by atoms with Gasteiger partial charge in [-0.2, -0.15) is 0 Å². The molecule has 2 N–H and O–H groups in total. The largest absolute Gasteiger partial charge is 0.484 e. The summed E-state index contributed by atoms with van der Waals surface area (Å²) in [6.07, 6.45) is 3.54. The van der Waals surface area contributed by atoms with E-state index in [1.54, 1.807) is 0 Å². The van der Waals surface area contributed by atoms with Crippen LogP contribution in [0.5, 0.6) is 5.75 Å². The summed E-state index contributed by atoms with van der Waals surface area (Å²) in [4.78, 5) is 11.7. The van der Waals surface area contributed by atoms with Crippen LogP contribution in [0.2, 0.25) is 0 Å². The van der Waals surface area contributed by atoms with Gasteiger partial charge in [0.15, 0.2) is 6.61 Å². The molecule has 0 spiro atoms. The summed E-state index contributed by atoms with van der Waals surface area (Å²) in [5, 5.41) is 6.29. The van der Waals surface area contributed by atoms with Gasteiger partial charge in [0, 0.05) is 11.0 Å². The van der Waals surface area contributed by atoms with E-state index in [-0.39, 0.29) is 24.9 Å². The van der Waals surface area contributed by atoms with Crippen LogP contribution >= 0.6 is 28.3 Å². The van der Waals surface area contributed by atoms with Crippen molar-refractivity contribution in [1.29, 1.82) is 0 Å². The van der Waals surface area contributed by atoms with Crippen LogP contribution < -0.4 is 15.4 Å². The summed E-state index contributed by atoms with van der Waals surface area (Å²) in [7, 11) is 0. The highest BCUT2D eigenvalue weighted by molar-refractivity contribution is 9.10. The van der Waals surface area contributed by atoms with Gasteiger partial charge in [0.25, 0.3) is 5.91 Å². The molecular weight excluding hydrogens is 356 g/mol. The molecule has 1 aromatic rings. The van der Waals surface area contributed by atoms with E-state index >= 15 is 0 Å². The predicted molar refractivity (Wildman–Crippen MR) is 90.1 cm³/mol. The Hall–Kier alpha value is -0.780. The van der Waals surface area contributed by atoms with Crippen molar-refractivity contribution in [3.63, 3.8) is 0 Å². The maximum Gasteiger partial charge on any atom is 0.257 e. The Labute approximate surface area is 140 Å². The van der Waals surface area contributed by atoms with E-state index in [9.17, 15) is 4.79 Å². The van der Waals surface area contributed by atoms with Crippen LogP contribution in [0.3, 0.4) is 0 Å². The first-order chi connectivity index (χ1) is 9.74. The topological polar surface area (TPSA) is 50.4 Å². The van der Waals surface area contributed by atoms with E-state index in [4.69, 9.17) is 4.74 Å². The van der Waals surface area contributed by atoms with Crippen molar-refractivity contribution in [2.24, 2.45) is 5.92 Å². The zero-order valence-corrected chi connectivity index (χ0v) is 14.3. The lowest BCUT2D eigenvalue weighted by molar-refractivity contribution is -0.123. The number of nitrogens with one attached hydrogen (secondary N) is 2. The Bertz CT molecular complexity index is 439. The van der Waals surface area contributed by atoms with Crippen molar-refractivity contribution in [3.05, 3.63) is 28.7 Å². The highest BCUT2D eigenvalue weighted by atomic mass is 79.9. The van der Waals surface area contributed by atoms with E-state index in [0.717, 1.165) is 30.5 Å². The van der Waals surface area contributed by atoms with Crippen molar-refractivity contribution < 1.29 is 9.53 Å². The molecule has 1 saturated heterocycles. The normalized spacial score (nSPS) is 17.7. The molecule has 1 amide bonds. The second kappa shape index (κ2) is 10.0. The number of hydrogen-bond donors (Lipinski definition) is 2. The molecule has 1 heterocycles. The molecule has 1 aromatic carbocycles. The lowest BCUT2D eigenvalue weighted by atomic mass is 9.96. The Morgan fingerprint density at radius 3 is 3.05 bits per heavy atom. The fraction of sp³-hybridized carbons (Fsp3) is 0.533. The molecule has 1 atom stereocenters. The third kappa shape index (κ3) is 7.16. The van der Waals surface area contributed by atoms with Gasteiger partial charge in [-0.15, -0.1) is 12.4 Å². The first kappa shape index (κ1) is 18.3. The number of amides is 1. The lowest BCUT2D eigenvalue weighted by Gasteiger charge is -2.22. The van der Waals surface area contributed by atoms with E-state index in [0.29, 0.717) is 11.7 Å². The number of rotatable bonds is 6. The maximum absolute atomic E-state index is 11.7. The Balaban J connectivity index is 0.00000220. The van der Waals surface area contributed by atoms with Crippen molar-refractivity contribution in [3.8, 4) is 5.75 Å². The predicted octanol–water partition coefficient (Wildman–Crippen LogP) is 2.76. The van der Waals surface area contributed by atoms with Crippen LogP contribution in [0, 0.1) is 5.92 Å². The molecule has 2 rings (SSSR count). The SMILES string of the molecule is Cl.O=C(COc1cccc(Br)c1)NCCC1CCCNC1. The van der Waals surface area contributed by atoms with Gasteiger partial charge in [0.1, 0.15) is 5.75 Å². The Morgan fingerprint density at radius 1 is 1.48 bits per heavy atom. The fourth-order valence-corrected chi connectivity index (χ4v) is 2.72. The van der Waals surface area contributed by atoms with E-state index in [1.165, 1.54) is 12.8 Å². The molecule has 0 aromatic heterocycles. The second-order valence-electron chi connectivity index (χ2n) is 5.10. The van der Waals surface area contributed by atoms with Gasteiger partial charge < -0.3 is 15.4 Å². The molecule has 0 aliphatic carbocycles.